The van der Waals surface area contributed by atoms with E-state index in [1.165, 1.54) is 6.42 Å². The van der Waals surface area contributed by atoms with E-state index in [1.54, 1.807) is 18.2 Å². The van der Waals surface area contributed by atoms with Gasteiger partial charge in [-0.1, -0.05) is 24.6 Å². The first-order valence-electron chi connectivity index (χ1n) is 5.41. The Kier molecular flexibility index (Phi) is 3.06. The van der Waals surface area contributed by atoms with E-state index in [9.17, 15) is 4.79 Å². The number of benzene rings is 1. The standard InChI is InChI=1S/C12H15ClN2O/c1-7-5-8(7)6-15-12(16)9-3-2-4-10(14)11(9)13/h2-4,7-8H,5-6,14H2,1H3,(H,15,16). The van der Waals surface area contributed by atoms with Gasteiger partial charge in [0.25, 0.3) is 5.91 Å². The normalized spacial score (nSPS) is 22.9. The molecule has 1 aromatic carbocycles. The molecule has 0 spiro atoms. The number of nitrogens with one attached hydrogen (secondary N) is 1. The zero-order valence-electron chi connectivity index (χ0n) is 9.16. The first-order chi connectivity index (χ1) is 7.59. The number of halogens is 1. The molecule has 1 saturated carbocycles. The average Bonchev–Trinajstić information content (AvgIpc) is 2.95. The van der Waals surface area contributed by atoms with Crippen LogP contribution in [0, 0.1) is 11.8 Å². The molecule has 0 radical (unpaired) electrons. The molecule has 86 valence electrons. The molecule has 1 aliphatic carbocycles. The van der Waals surface area contributed by atoms with Crippen molar-refractivity contribution in [1.29, 1.82) is 0 Å². The summed E-state index contributed by atoms with van der Waals surface area (Å²) >= 11 is 5.96. The van der Waals surface area contributed by atoms with Gasteiger partial charge in [0, 0.05) is 6.54 Å². The summed E-state index contributed by atoms with van der Waals surface area (Å²) in [6, 6.07) is 5.10. The maximum Gasteiger partial charge on any atom is 0.252 e. The van der Waals surface area contributed by atoms with Gasteiger partial charge in [-0.3, -0.25) is 4.79 Å². The lowest BCUT2D eigenvalue weighted by molar-refractivity contribution is 0.0951. The Hall–Kier alpha value is -1.22. The third-order valence-corrected chi connectivity index (χ3v) is 3.50. The lowest BCUT2D eigenvalue weighted by atomic mass is 10.2. The summed E-state index contributed by atoms with van der Waals surface area (Å²) in [4.78, 5) is 11.8. The lowest BCUT2D eigenvalue weighted by Crippen LogP contribution is -2.26. The topological polar surface area (TPSA) is 55.1 Å². The summed E-state index contributed by atoms with van der Waals surface area (Å²) in [6.45, 7) is 2.91. The third-order valence-electron chi connectivity index (χ3n) is 3.07. The van der Waals surface area contributed by atoms with Crippen molar-refractivity contribution < 1.29 is 4.79 Å². The highest BCUT2D eigenvalue weighted by Gasteiger charge is 2.32. The SMILES string of the molecule is CC1CC1CNC(=O)c1cccc(N)c1Cl. The molecule has 0 saturated heterocycles. The number of nitrogens with two attached hydrogens (primary N) is 1. The average molecular weight is 239 g/mol. The smallest absolute Gasteiger partial charge is 0.252 e. The highest BCUT2D eigenvalue weighted by molar-refractivity contribution is 6.36. The minimum atomic E-state index is -0.142. The maximum absolute atomic E-state index is 11.8. The van der Waals surface area contributed by atoms with E-state index in [1.807, 2.05) is 0 Å². The van der Waals surface area contributed by atoms with Crippen molar-refractivity contribution in [3.05, 3.63) is 28.8 Å². The number of anilines is 1. The van der Waals surface area contributed by atoms with Crippen LogP contribution in [0.1, 0.15) is 23.7 Å². The van der Waals surface area contributed by atoms with Crippen LogP contribution in [0.15, 0.2) is 18.2 Å². The number of nitrogen functional groups attached to an aromatic ring is 1. The van der Waals surface area contributed by atoms with E-state index in [-0.39, 0.29) is 5.91 Å². The van der Waals surface area contributed by atoms with E-state index in [0.29, 0.717) is 22.2 Å². The molecule has 0 heterocycles. The zero-order valence-corrected chi connectivity index (χ0v) is 9.92. The van der Waals surface area contributed by atoms with Gasteiger partial charge in [-0.05, 0) is 30.4 Å². The van der Waals surface area contributed by atoms with E-state index in [2.05, 4.69) is 12.2 Å². The van der Waals surface area contributed by atoms with Gasteiger partial charge < -0.3 is 11.1 Å². The number of carbonyl (C=O) groups is 1. The summed E-state index contributed by atoms with van der Waals surface area (Å²) in [5.41, 5.74) is 6.53. The van der Waals surface area contributed by atoms with Gasteiger partial charge in [0.05, 0.1) is 16.3 Å². The van der Waals surface area contributed by atoms with Gasteiger partial charge in [0.1, 0.15) is 0 Å². The molecule has 3 N–H and O–H groups in total. The van der Waals surface area contributed by atoms with Crippen molar-refractivity contribution in [3.8, 4) is 0 Å². The molecule has 1 amide bonds. The fraction of sp³-hybridized carbons (Fsp3) is 0.417. The molecule has 1 aromatic rings. The minimum Gasteiger partial charge on any atom is -0.398 e. The van der Waals surface area contributed by atoms with Crippen molar-refractivity contribution in [2.45, 2.75) is 13.3 Å². The van der Waals surface area contributed by atoms with Crippen LogP contribution < -0.4 is 11.1 Å². The van der Waals surface area contributed by atoms with Crippen molar-refractivity contribution >= 4 is 23.2 Å². The maximum atomic E-state index is 11.8. The second-order valence-electron chi connectivity index (χ2n) is 4.39. The van der Waals surface area contributed by atoms with Crippen molar-refractivity contribution in [3.63, 3.8) is 0 Å². The van der Waals surface area contributed by atoms with E-state index < -0.39 is 0 Å². The summed E-state index contributed by atoms with van der Waals surface area (Å²) in [5, 5.41) is 3.22. The number of rotatable bonds is 3. The Morgan fingerprint density at radius 2 is 2.31 bits per heavy atom. The summed E-state index contributed by atoms with van der Waals surface area (Å²) in [6.07, 6.45) is 1.20. The quantitative estimate of drug-likeness (QED) is 0.794. The van der Waals surface area contributed by atoms with Crippen molar-refractivity contribution in [2.24, 2.45) is 11.8 Å². The predicted octanol–water partition coefficient (Wildman–Crippen LogP) is 2.31. The van der Waals surface area contributed by atoms with Crippen LogP contribution >= 0.6 is 11.6 Å². The minimum absolute atomic E-state index is 0.142. The van der Waals surface area contributed by atoms with E-state index in [0.717, 1.165) is 12.5 Å². The molecule has 0 aliphatic heterocycles. The van der Waals surface area contributed by atoms with E-state index in [4.69, 9.17) is 17.3 Å². The fourth-order valence-corrected chi connectivity index (χ4v) is 1.94. The number of carbonyl (C=O) groups excluding carboxylic acids is 1. The summed E-state index contributed by atoms with van der Waals surface area (Å²) in [5.74, 6) is 1.22. The van der Waals surface area contributed by atoms with E-state index >= 15 is 0 Å². The van der Waals surface area contributed by atoms with Gasteiger partial charge in [-0.15, -0.1) is 0 Å². The molecule has 1 fully saturated rings. The largest absolute Gasteiger partial charge is 0.398 e. The Bertz CT molecular complexity index is 419. The Labute approximate surface area is 100.0 Å². The van der Waals surface area contributed by atoms with Crippen molar-refractivity contribution in [2.75, 3.05) is 12.3 Å². The molecule has 1 aliphatic rings. The van der Waals surface area contributed by atoms with Gasteiger partial charge in [0.2, 0.25) is 0 Å². The van der Waals surface area contributed by atoms with Gasteiger partial charge in [0.15, 0.2) is 0 Å². The molecule has 0 bridgehead atoms. The predicted molar refractivity (Wildman–Crippen MR) is 65.5 cm³/mol. The molecule has 3 nitrogen and oxygen atoms in total. The van der Waals surface area contributed by atoms with Gasteiger partial charge in [-0.2, -0.15) is 0 Å². The first-order valence-corrected chi connectivity index (χ1v) is 5.79. The number of amides is 1. The van der Waals surface area contributed by atoms with Crippen LogP contribution in [0.2, 0.25) is 5.02 Å². The van der Waals surface area contributed by atoms with Crippen molar-refractivity contribution in [1.82, 2.24) is 5.32 Å². The molecule has 2 rings (SSSR count). The Balaban J connectivity index is 2.00. The Morgan fingerprint density at radius 1 is 1.62 bits per heavy atom. The highest BCUT2D eigenvalue weighted by Crippen LogP contribution is 2.36. The van der Waals surface area contributed by atoms with Crippen LogP contribution in [0.25, 0.3) is 0 Å². The van der Waals surface area contributed by atoms with Crippen LogP contribution in [0.4, 0.5) is 5.69 Å². The highest BCUT2D eigenvalue weighted by atomic mass is 35.5. The number of hydrogen-bond donors (Lipinski definition) is 2. The molecule has 2 atom stereocenters. The number of hydrogen-bond acceptors (Lipinski definition) is 2. The van der Waals surface area contributed by atoms with Crippen LogP contribution in [-0.2, 0) is 0 Å². The third kappa shape index (κ3) is 2.30. The van der Waals surface area contributed by atoms with Gasteiger partial charge >= 0.3 is 0 Å². The van der Waals surface area contributed by atoms with Crippen LogP contribution in [-0.4, -0.2) is 12.5 Å². The molecule has 2 unspecified atom stereocenters. The molecule has 0 aromatic heterocycles. The summed E-state index contributed by atoms with van der Waals surface area (Å²) < 4.78 is 0. The second-order valence-corrected chi connectivity index (χ2v) is 4.77. The molecular weight excluding hydrogens is 224 g/mol. The zero-order chi connectivity index (χ0) is 11.7. The Morgan fingerprint density at radius 3 is 2.94 bits per heavy atom. The molecule has 4 heteroatoms. The van der Waals surface area contributed by atoms with Crippen LogP contribution in [0.3, 0.4) is 0 Å². The van der Waals surface area contributed by atoms with Crippen LogP contribution in [0.5, 0.6) is 0 Å². The monoisotopic (exact) mass is 238 g/mol. The first kappa shape index (κ1) is 11.3. The second kappa shape index (κ2) is 4.34. The fourth-order valence-electron chi connectivity index (χ4n) is 1.73. The van der Waals surface area contributed by atoms with Gasteiger partial charge in [-0.25, -0.2) is 0 Å². The molecular formula is C12H15ClN2O. The molecule has 16 heavy (non-hydrogen) atoms. The lowest BCUT2D eigenvalue weighted by Gasteiger charge is -2.07. The summed E-state index contributed by atoms with van der Waals surface area (Å²) in [7, 11) is 0.